The number of carboxylic acid groups (broad SMARTS) is 1. The van der Waals surface area contributed by atoms with Crippen molar-refractivity contribution in [2.75, 3.05) is 13.2 Å². The Balaban J connectivity index is 1.38. The molecule has 2 bridgehead atoms. The highest BCUT2D eigenvalue weighted by Gasteiger charge is 2.73. The number of rotatable bonds is 8. The van der Waals surface area contributed by atoms with E-state index in [-0.39, 0.29) is 56.7 Å². The zero-order chi connectivity index (χ0) is 39.4. The molecule has 1 unspecified atom stereocenters. The van der Waals surface area contributed by atoms with E-state index in [1.165, 1.54) is 5.57 Å². The van der Waals surface area contributed by atoms with E-state index < -0.39 is 17.4 Å². The van der Waals surface area contributed by atoms with Crippen LogP contribution in [0.15, 0.2) is 36.6 Å². The van der Waals surface area contributed by atoms with Gasteiger partial charge in [0, 0.05) is 22.6 Å². The summed E-state index contributed by atoms with van der Waals surface area (Å²) in [5.74, 6) is 0.898. The number of allylic oxidation sites excluding steroid dienone is 1. The summed E-state index contributed by atoms with van der Waals surface area (Å²) >= 11 is 0. The van der Waals surface area contributed by atoms with Crippen LogP contribution in [0.1, 0.15) is 128 Å². The Morgan fingerprint density at radius 1 is 1.07 bits per heavy atom. The molecule has 7 rings (SSSR count). The number of hydrogen-bond donors (Lipinski definition) is 2. The zero-order valence-electron chi connectivity index (χ0n) is 35.1. The third-order valence-electron chi connectivity index (χ3n) is 17.6. The van der Waals surface area contributed by atoms with Crippen LogP contribution in [0, 0.1) is 62.1 Å². The Morgan fingerprint density at radius 3 is 2.43 bits per heavy atom. The van der Waals surface area contributed by atoms with E-state index in [0.29, 0.717) is 36.8 Å². The first kappa shape index (κ1) is 39.5. The maximum Gasteiger partial charge on any atom is 0.307 e. The fourth-order valence-electron chi connectivity index (χ4n) is 13.0. The van der Waals surface area contributed by atoms with Crippen LogP contribution in [-0.2, 0) is 14.3 Å². The summed E-state index contributed by atoms with van der Waals surface area (Å²) in [6.07, 6.45) is 12.7. The predicted octanol–water partition coefficient (Wildman–Crippen LogP) is 8.40. The fourth-order valence-corrected chi connectivity index (χ4v) is 13.0. The molecule has 298 valence electrons. The van der Waals surface area contributed by atoms with Crippen LogP contribution in [0.25, 0.3) is 11.5 Å². The molecule has 4 fully saturated rings. The monoisotopic (exact) mass is 745 g/mol. The van der Waals surface area contributed by atoms with E-state index in [1.54, 1.807) is 18.9 Å². The van der Waals surface area contributed by atoms with Gasteiger partial charge < -0.3 is 20.3 Å². The molecule has 3 N–H and O–H groups in total. The third kappa shape index (κ3) is 5.38. The SMILES string of the molecule is CC(C)[C@@H](C)[C@@]1(C)CC[C@]2(C)[C@H]3CC[C@@H]4C5(C[C@@H](n6ncnc6-c6ccncn6)[C@H](OC[C@](C)(N)C(C)(C)C)[C@@]4(C)CO[C@H]5C)C3=CC[C@@]2(C)[C@@H]1C(=O)O. The van der Waals surface area contributed by atoms with Gasteiger partial charge >= 0.3 is 5.97 Å². The molecule has 3 heterocycles. The van der Waals surface area contributed by atoms with Gasteiger partial charge in [0.05, 0.1) is 37.4 Å². The van der Waals surface area contributed by atoms with Gasteiger partial charge in [-0.15, -0.1) is 0 Å². The lowest BCUT2D eigenvalue weighted by atomic mass is 9.33. The molecule has 5 aliphatic rings. The number of carbonyl (C=O) groups is 1. The van der Waals surface area contributed by atoms with Crippen LogP contribution in [0.2, 0.25) is 0 Å². The molecule has 0 aromatic carbocycles. The Bertz CT molecular complexity index is 1770. The van der Waals surface area contributed by atoms with Crippen molar-refractivity contribution < 1.29 is 19.4 Å². The average molecular weight is 745 g/mol. The van der Waals surface area contributed by atoms with Crippen molar-refractivity contribution in [3.8, 4) is 11.5 Å². The van der Waals surface area contributed by atoms with Gasteiger partial charge in [0.2, 0.25) is 0 Å². The molecule has 2 aromatic rings. The van der Waals surface area contributed by atoms with E-state index in [0.717, 1.165) is 44.2 Å². The van der Waals surface area contributed by atoms with E-state index in [2.05, 4.69) is 104 Å². The number of nitrogens with two attached hydrogens (primary N) is 1. The van der Waals surface area contributed by atoms with E-state index in [4.69, 9.17) is 25.3 Å². The van der Waals surface area contributed by atoms with Crippen LogP contribution < -0.4 is 5.73 Å². The second-order valence-corrected chi connectivity index (χ2v) is 21.0. The molecular formula is C44H68N6O4. The Hall–Kier alpha value is -2.69. The lowest BCUT2D eigenvalue weighted by molar-refractivity contribution is -0.274. The van der Waals surface area contributed by atoms with E-state index >= 15 is 0 Å². The van der Waals surface area contributed by atoms with Crippen molar-refractivity contribution in [2.24, 2.45) is 67.8 Å². The number of carboxylic acids is 1. The fraction of sp³-hybridized carbons (Fsp3) is 0.795. The lowest BCUT2D eigenvalue weighted by Gasteiger charge is -2.72. The number of aliphatic carboxylic acids is 1. The summed E-state index contributed by atoms with van der Waals surface area (Å²) < 4.78 is 16.3. The summed E-state index contributed by atoms with van der Waals surface area (Å²) in [7, 11) is 0. The number of aromatic nitrogens is 5. The average Bonchev–Trinajstić information content (AvgIpc) is 3.59. The van der Waals surface area contributed by atoms with Gasteiger partial charge in [-0.2, -0.15) is 5.10 Å². The van der Waals surface area contributed by atoms with Gasteiger partial charge in [-0.1, -0.05) is 80.9 Å². The Kier molecular flexibility index (Phi) is 9.46. The highest BCUT2D eigenvalue weighted by atomic mass is 16.5. The number of nitrogens with zero attached hydrogens (tertiary/aromatic N) is 5. The van der Waals surface area contributed by atoms with Crippen molar-refractivity contribution >= 4 is 5.97 Å². The Labute approximate surface area is 323 Å². The topological polar surface area (TPSA) is 138 Å². The molecule has 10 nitrogen and oxygen atoms in total. The summed E-state index contributed by atoms with van der Waals surface area (Å²) in [5, 5.41) is 16.1. The van der Waals surface area contributed by atoms with E-state index in [1.807, 2.05) is 6.07 Å². The zero-order valence-corrected chi connectivity index (χ0v) is 35.1. The minimum atomic E-state index is -0.632. The largest absolute Gasteiger partial charge is 0.481 e. The normalized spacial score (nSPS) is 42.2. The smallest absolute Gasteiger partial charge is 0.307 e. The van der Waals surface area contributed by atoms with E-state index in [9.17, 15) is 9.90 Å². The molecule has 1 aliphatic heterocycles. The van der Waals surface area contributed by atoms with Crippen LogP contribution >= 0.6 is 0 Å². The lowest BCUT2D eigenvalue weighted by Crippen LogP contribution is -2.71. The first-order valence-electron chi connectivity index (χ1n) is 20.7. The standard InChI is InChI=1S/C44H68N6O4/c1-26(2)27(3)39(8)18-19-41(10)29-13-14-33-40(9)22-53-28(4)44(33,30(29)15-17-42(41,11)34(39)37(51)52)21-32(35(40)54-23-43(12,45)38(5,6)7)50-36(48-25-49-50)31-16-20-46-24-47-31/h15-16,20,24-29,32-35H,13-14,17-19,21-23,45H2,1-12H3,(H,51,52)/t27-,28+,29+,32-,33+,34-,35+,39-,40+,41-,42+,43+,44?/m1/s1. The number of ether oxygens (including phenoxy) is 2. The van der Waals surface area contributed by atoms with Crippen molar-refractivity contribution in [1.29, 1.82) is 0 Å². The molecule has 1 saturated heterocycles. The van der Waals surface area contributed by atoms with Crippen molar-refractivity contribution in [1.82, 2.24) is 24.7 Å². The highest BCUT2D eigenvalue weighted by Crippen LogP contribution is 2.76. The van der Waals surface area contributed by atoms with Gasteiger partial charge in [0.15, 0.2) is 5.82 Å². The van der Waals surface area contributed by atoms with Crippen molar-refractivity contribution in [3.63, 3.8) is 0 Å². The maximum absolute atomic E-state index is 13.6. The molecule has 0 amide bonds. The first-order chi connectivity index (χ1) is 25.1. The molecule has 0 radical (unpaired) electrons. The molecule has 10 heteroatoms. The van der Waals surface area contributed by atoms with Crippen molar-refractivity contribution in [2.45, 2.75) is 145 Å². The molecule has 13 atom stereocenters. The Morgan fingerprint density at radius 2 is 1.80 bits per heavy atom. The predicted molar refractivity (Wildman–Crippen MR) is 210 cm³/mol. The summed E-state index contributed by atoms with van der Waals surface area (Å²) in [4.78, 5) is 27.2. The van der Waals surface area contributed by atoms with Crippen LogP contribution in [0.3, 0.4) is 0 Å². The number of hydrogen-bond acceptors (Lipinski definition) is 8. The minimum absolute atomic E-state index is 0.0357. The van der Waals surface area contributed by atoms with Crippen LogP contribution in [-0.4, -0.2) is 66.8 Å². The molecular weight excluding hydrogens is 677 g/mol. The van der Waals surface area contributed by atoms with Gasteiger partial charge in [-0.25, -0.2) is 19.6 Å². The van der Waals surface area contributed by atoms with Crippen molar-refractivity contribution in [3.05, 3.63) is 36.6 Å². The van der Waals surface area contributed by atoms with Gasteiger partial charge in [0.25, 0.3) is 0 Å². The molecule has 0 spiro atoms. The van der Waals surface area contributed by atoms with Crippen LogP contribution in [0.4, 0.5) is 0 Å². The molecule has 4 aliphatic carbocycles. The van der Waals surface area contributed by atoms with Crippen LogP contribution in [0.5, 0.6) is 0 Å². The van der Waals surface area contributed by atoms with Gasteiger partial charge in [-0.3, -0.25) is 4.79 Å². The number of fused-ring (bicyclic) bond motifs is 3. The summed E-state index contributed by atoms with van der Waals surface area (Å²) in [6, 6.07) is 1.72. The quantitative estimate of drug-likeness (QED) is 0.255. The van der Waals surface area contributed by atoms with Gasteiger partial charge in [0.1, 0.15) is 18.3 Å². The second-order valence-electron chi connectivity index (χ2n) is 21.0. The van der Waals surface area contributed by atoms with Gasteiger partial charge in [-0.05, 0) is 104 Å². The molecule has 2 aromatic heterocycles. The highest BCUT2D eigenvalue weighted by molar-refractivity contribution is 5.73. The molecule has 3 saturated carbocycles. The summed E-state index contributed by atoms with van der Waals surface area (Å²) in [5.41, 5.74) is 6.99. The minimum Gasteiger partial charge on any atom is -0.481 e. The molecule has 54 heavy (non-hydrogen) atoms. The maximum atomic E-state index is 13.6. The summed E-state index contributed by atoms with van der Waals surface area (Å²) in [6.45, 7) is 28.1. The third-order valence-corrected chi connectivity index (χ3v) is 17.6. The second kappa shape index (κ2) is 12.9. The first-order valence-corrected chi connectivity index (χ1v) is 20.7.